The van der Waals surface area contributed by atoms with Gasteiger partial charge in [0.1, 0.15) is 4.90 Å². The van der Waals surface area contributed by atoms with E-state index in [4.69, 9.17) is 11.6 Å². The lowest BCUT2D eigenvalue weighted by molar-refractivity contribution is 0.345. The largest absolute Gasteiger partial charge is 0.311 e. The maximum atomic E-state index is 12.5. The molecule has 2 saturated heterocycles. The summed E-state index contributed by atoms with van der Waals surface area (Å²) in [5.41, 5.74) is 0.778. The Morgan fingerprint density at radius 1 is 1.25 bits per heavy atom. The van der Waals surface area contributed by atoms with Crippen molar-refractivity contribution >= 4 is 21.6 Å². The molecule has 20 heavy (non-hydrogen) atoms. The molecule has 2 aliphatic rings. The quantitative estimate of drug-likeness (QED) is 0.899. The number of aryl methyl sites for hydroxylation is 1. The van der Waals surface area contributed by atoms with Gasteiger partial charge in [-0.2, -0.15) is 0 Å². The van der Waals surface area contributed by atoms with Gasteiger partial charge in [0.05, 0.1) is 5.02 Å². The third-order valence-corrected chi connectivity index (χ3v) is 6.42. The van der Waals surface area contributed by atoms with Gasteiger partial charge < -0.3 is 5.32 Å². The molecule has 1 aromatic carbocycles. The van der Waals surface area contributed by atoms with Crippen LogP contribution >= 0.6 is 11.6 Å². The van der Waals surface area contributed by atoms with E-state index in [1.807, 2.05) is 13.0 Å². The van der Waals surface area contributed by atoms with Crippen LogP contribution in [-0.2, 0) is 10.0 Å². The Balaban J connectivity index is 1.80. The van der Waals surface area contributed by atoms with Gasteiger partial charge in [-0.1, -0.05) is 23.7 Å². The summed E-state index contributed by atoms with van der Waals surface area (Å²) in [5.74, 6) is 0. The van der Waals surface area contributed by atoms with E-state index in [-0.39, 0.29) is 10.9 Å². The first kappa shape index (κ1) is 14.3. The number of hydrogen-bond donors (Lipinski definition) is 2. The van der Waals surface area contributed by atoms with Crippen molar-refractivity contribution in [2.75, 3.05) is 0 Å². The summed E-state index contributed by atoms with van der Waals surface area (Å²) >= 11 is 6.13. The average Bonchev–Trinajstić information content (AvgIpc) is 2.71. The van der Waals surface area contributed by atoms with Gasteiger partial charge in [0, 0.05) is 18.1 Å². The molecule has 4 nitrogen and oxygen atoms in total. The summed E-state index contributed by atoms with van der Waals surface area (Å²) in [6.45, 7) is 1.81. The fourth-order valence-electron chi connectivity index (χ4n) is 3.26. The molecule has 2 N–H and O–H groups in total. The van der Waals surface area contributed by atoms with Crippen molar-refractivity contribution in [1.29, 1.82) is 0 Å². The molecule has 0 amide bonds. The zero-order valence-corrected chi connectivity index (χ0v) is 13.0. The van der Waals surface area contributed by atoms with Crippen LogP contribution in [0.3, 0.4) is 0 Å². The summed E-state index contributed by atoms with van der Waals surface area (Å²) in [6, 6.07) is 6.01. The third-order valence-electron chi connectivity index (χ3n) is 4.24. The Morgan fingerprint density at radius 2 is 1.90 bits per heavy atom. The Kier molecular flexibility index (Phi) is 3.79. The molecule has 0 saturated carbocycles. The van der Waals surface area contributed by atoms with Crippen molar-refractivity contribution in [2.45, 2.75) is 55.6 Å². The minimum atomic E-state index is -3.54. The molecule has 2 aliphatic heterocycles. The van der Waals surface area contributed by atoms with Gasteiger partial charge in [-0.3, -0.25) is 0 Å². The maximum Gasteiger partial charge on any atom is 0.242 e. The number of piperidine rings is 1. The highest BCUT2D eigenvalue weighted by atomic mass is 35.5. The summed E-state index contributed by atoms with van der Waals surface area (Å²) in [7, 11) is -3.54. The van der Waals surface area contributed by atoms with E-state index < -0.39 is 10.0 Å². The summed E-state index contributed by atoms with van der Waals surface area (Å²) in [5, 5.41) is 3.82. The molecule has 110 valence electrons. The Bertz CT molecular complexity index is 606. The predicted octanol–water partition coefficient (Wildman–Crippen LogP) is 2.21. The van der Waals surface area contributed by atoms with Crippen LogP contribution in [-0.4, -0.2) is 26.5 Å². The molecule has 6 heteroatoms. The first-order valence-electron chi connectivity index (χ1n) is 6.99. The molecule has 2 atom stereocenters. The van der Waals surface area contributed by atoms with Crippen LogP contribution in [0, 0.1) is 6.92 Å². The van der Waals surface area contributed by atoms with E-state index >= 15 is 0 Å². The highest BCUT2D eigenvalue weighted by molar-refractivity contribution is 7.89. The minimum Gasteiger partial charge on any atom is -0.311 e. The van der Waals surface area contributed by atoms with Crippen molar-refractivity contribution in [3.63, 3.8) is 0 Å². The third kappa shape index (κ3) is 2.72. The van der Waals surface area contributed by atoms with Crippen molar-refractivity contribution in [1.82, 2.24) is 10.0 Å². The molecule has 0 spiro atoms. The van der Waals surface area contributed by atoms with Gasteiger partial charge in [-0.05, 0) is 44.2 Å². The maximum absolute atomic E-state index is 12.5. The van der Waals surface area contributed by atoms with Crippen LogP contribution in [0.1, 0.15) is 31.2 Å². The van der Waals surface area contributed by atoms with Gasteiger partial charge in [0.15, 0.2) is 0 Å². The molecule has 0 aliphatic carbocycles. The van der Waals surface area contributed by atoms with Crippen LogP contribution in [0.4, 0.5) is 0 Å². The van der Waals surface area contributed by atoms with Crippen LogP contribution in [0.15, 0.2) is 23.1 Å². The van der Waals surface area contributed by atoms with E-state index in [0.29, 0.717) is 17.1 Å². The lowest BCUT2D eigenvalue weighted by atomic mass is 10.0. The number of sulfonamides is 1. The second kappa shape index (κ2) is 5.30. The van der Waals surface area contributed by atoms with Crippen LogP contribution in [0.2, 0.25) is 5.02 Å². The van der Waals surface area contributed by atoms with Crippen LogP contribution in [0.5, 0.6) is 0 Å². The Morgan fingerprint density at radius 3 is 2.55 bits per heavy atom. The van der Waals surface area contributed by atoms with Gasteiger partial charge >= 0.3 is 0 Å². The van der Waals surface area contributed by atoms with E-state index in [0.717, 1.165) is 31.2 Å². The zero-order valence-electron chi connectivity index (χ0n) is 11.4. The molecule has 3 rings (SSSR count). The number of rotatable bonds is 3. The minimum absolute atomic E-state index is 0.00956. The second-order valence-corrected chi connectivity index (χ2v) is 7.87. The SMILES string of the molecule is Cc1cccc(S(=O)(=O)NC2CC3CCC(C2)N3)c1Cl. The smallest absolute Gasteiger partial charge is 0.242 e. The standard InChI is InChI=1S/C14H19ClN2O2S/c1-9-3-2-4-13(14(9)15)20(18,19)17-12-7-10-5-6-11(8-12)16-10/h2-4,10-12,16-17H,5-8H2,1H3. The summed E-state index contributed by atoms with van der Waals surface area (Å²) in [6.07, 6.45) is 4.01. The van der Waals surface area contributed by atoms with Gasteiger partial charge in [-0.25, -0.2) is 13.1 Å². The van der Waals surface area contributed by atoms with Crippen molar-refractivity contribution in [3.8, 4) is 0 Å². The highest BCUT2D eigenvalue weighted by Crippen LogP contribution is 2.29. The van der Waals surface area contributed by atoms with E-state index in [2.05, 4.69) is 10.0 Å². The highest BCUT2D eigenvalue weighted by Gasteiger charge is 2.35. The summed E-state index contributed by atoms with van der Waals surface area (Å²) < 4.78 is 27.8. The Labute approximate surface area is 125 Å². The van der Waals surface area contributed by atoms with Gasteiger partial charge in [-0.15, -0.1) is 0 Å². The molecule has 1 aromatic rings. The summed E-state index contributed by atoms with van der Waals surface area (Å²) in [4.78, 5) is 0.185. The lowest BCUT2D eigenvalue weighted by Crippen LogP contribution is -2.47. The molecule has 2 heterocycles. The van der Waals surface area contributed by atoms with Crippen molar-refractivity contribution in [2.24, 2.45) is 0 Å². The fourth-order valence-corrected chi connectivity index (χ4v) is 5.11. The predicted molar refractivity (Wildman–Crippen MR) is 79.5 cm³/mol. The van der Waals surface area contributed by atoms with E-state index in [9.17, 15) is 8.42 Å². The van der Waals surface area contributed by atoms with E-state index in [1.165, 1.54) is 0 Å². The number of hydrogen-bond acceptors (Lipinski definition) is 3. The van der Waals surface area contributed by atoms with Gasteiger partial charge in [0.2, 0.25) is 10.0 Å². The second-order valence-electron chi connectivity index (χ2n) is 5.81. The number of fused-ring (bicyclic) bond motifs is 2. The van der Waals surface area contributed by atoms with E-state index in [1.54, 1.807) is 12.1 Å². The van der Waals surface area contributed by atoms with Crippen molar-refractivity contribution < 1.29 is 8.42 Å². The molecule has 2 fully saturated rings. The van der Waals surface area contributed by atoms with Gasteiger partial charge in [0.25, 0.3) is 0 Å². The topological polar surface area (TPSA) is 58.2 Å². The number of halogens is 1. The fraction of sp³-hybridized carbons (Fsp3) is 0.571. The zero-order chi connectivity index (χ0) is 14.3. The lowest BCUT2D eigenvalue weighted by Gasteiger charge is -2.29. The molecule has 2 bridgehead atoms. The number of nitrogens with one attached hydrogen (secondary N) is 2. The first-order valence-corrected chi connectivity index (χ1v) is 8.85. The normalized spacial score (nSPS) is 29.6. The Hall–Kier alpha value is -0.620. The molecular weight excluding hydrogens is 296 g/mol. The first-order chi connectivity index (χ1) is 9.45. The van der Waals surface area contributed by atoms with Crippen molar-refractivity contribution in [3.05, 3.63) is 28.8 Å². The monoisotopic (exact) mass is 314 g/mol. The average molecular weight is 315 g/mol. The molecule has 0 aromatic heterocycles. The molecular formula is C14H19ClN2O2S. The number of benzene rings is 1. The van der Waals surface area contributed by atoms with Crippen LogP contribution in [0.25, 0.3) is 0 Å². The molecule has 0 radical (unpaired) electrons. The van der Waals surface area contributed by atoms with Crippen LogP contribution < -0.4 is 10.0 Å². The molecule has 2 unspecified atom stereocenters.